The van der Waals surface area contributed by atoms with Crippen molar-refractivity contribution in [3.05, 3.63) is 0 Å². The van der Waals surface area contributed by atoms with Crippen molar-refractivity contribution in [3.63, 3.8) is 0 Å². The lowest BCUT2D eigenvalue weighted by molar-refractivity contribution is -0.137. The summed E-state index contributed by atoms with van der Waals surface area (Å²) in [5.41, 5.74) is 0.547. The van der Waals surface area contributed by atoms with Crippen LogP contribution in [0.25, 0.3) is 0 Å². The molecule has 5 aliphatic rings. The zero-order valence-electron chi connectivity index (χ0n) is 13.4. The molecule has 21 heavy (non-hydrogen) atoms. The van der Waals surface area contributed by atoms with Gasteiger partial charge in [-0.1, -0.05) is 13.8 Å². The molecule has 2 heteroatoms. The molecule has 5 rings (SSSR count). The van der Waals surface area contributed by atoms with E-state index in [1.165, 1.54) is 38.5 Å². The number of fused-ring (bicyclic) bond motifs is 6. The zero-order chi connectivity index (χ0) is 14.4. The Morgan fingerprint density at radius 1 is 1.05 bits per heavy atom. The van der Waals surface area contributed by atoms with E-state index in [1.54, 1.807) is 0 Å². The number of ketones is 1. The quantitative estimate of drug-likeness (QED) is 0.631. The molecule has 3 unspecified atom stereocenters. The first-order valence-electron chi connectivity index (χ1n) is 9.21. The van der Waals surface area contributed by atoms with Crippen molar-refractivity contribution in [2.75, 3.05) is 0 Å². The summed E-state index contributed by atoms with van der Waals surface area (Å²) in [6.07, 6.45) is 11.1. The van der Waals surface area contributed by atoms with Gasteiger partial charge in [0.25, 0.3) is 0 Å². The molecule has 1 aliphatic heterocycles. The summed E-state index contributed by atoms with van der Waals surface area (Å²) in [5.74, 6) is 3.85. The average molecular weight is 288 g/mol. The van der Waals surface area contributed by atoms with Crippen LogP contribution < -0.4 is 0 Å². The lowest BCUT2D eigenvalue weighted by atomic mass is 9.45. The van der Waals surface area contributed by atoms with Crippen molar-refractivity contribution in [2.45, 2.75) is 77.4 Å². The van der Waals surface area contributed by atoms with Crippen LogP contribution in [-0.4, -0.2) is 18.0 Å². The van der Waals surface area contributed by atoms with Crippen molar-refractivity contribution < 1.29 is 9.53 Å². The number of hydrogen-bond donors (Lipinski definition) is 0. The Kier molecular flexibility index (Phi) is 2.45. The number of epoxide rings is 1. The summed E-state index contributed by atoms with van der Waals surface area (Å²) in [7, 11) is 0. The summed E-state index contributed by atoms with van der Waals surface area (Å²) in [5, 5.41) is 0. The van der Waals surface area contributed by atoms with Gasteiger partial charge in [-0.15, -0.1) is 0 Å². The molecule has 2 nitrogen and oxygen atoms in total. The number of carbonyl (C=O) groups is 1. The largest absolute Gasteiger partial charge is 0.370 e. The Bertz CT molecular complexity index is 500. The molecule has 4 saturated carbocycles. The van der Waals surface area contributed by atoms with Crippen molar-refractivity contribution in [2.24, 2.45) is 34.5 Å². The molecule has 116 valence electrons. The van der Waals surface area contributed by atoms with E-state index >= 15 is 0 Å². The maximum atomic E-state index is 12.4. The molecule has 4 aliphatic carbocycles. The summed E-state index contributed by atoms with van der Waals surface area (Å²) >= 11 is 0. The van der Waals surface area contributed by atoms with Gasteiger partial charge < -0.3 is 4.74 Å². The Balaban J connectivity index is 1.49. The van der Waals surface area contributed by atoms with E-state index in [0.29, 0.717) is 29.3 Å². The van der Waals surface area contributed by atoms with Gasteiger partial charge in [0.1, 0.15) is 5.78 Å². The second kappa shape index (κ2) is 3.93. The maximum absolute atomic E-state index is 12.4. The van der Waals surface area contributed by atoms with Crippen LogP contribution in [0.1, 0.15) is 65.2 Å². The number of hydrogen-bond acceptors (Lipinski definition) is 2. The average Bonchev–Trinajstić information content (AvgIpc) is 3.12. The van der Waals surface area contributed by atoms with Crippen LogP contribution in [0.2, 0.25) is 0 Å². The number of carbonyl (C=O) groups excluding carboxylic acids is 1. The second-order valence-electron chi connectivity index (χ2n) is 9.23. The van der Waals surface area contributed by atoms with E-state index < -0.39 is 0 Å². The van der Waals surface area contributed by atoms with Crippen LogP contribution in [-0.2, 0) is 9.53 Å². The standard InChI is InChI=1S/C19H28O2/c1-18-8-7-14-12(13(18)5-6-17(18)20)4-3-11-9-15-16(21-15)10-19(11,14)2/h11-16H,3-10H2,1-2H3/t11?,12-,13-,14+,15?,16?,18-,19-/m0/s1. The van der Waals surface area contributed by atoms with Gasteiger partial charge in [-0.2, -0.15) is 0 Å². The fourth-order valence-corrected chi connectivity index (χ4v) is 7.29. The first kappa shape index (κ1) is 13.1. The highest BCUT2D eigenvalue weighted by molar-refractivity contribution is 5.87. The van der Waals surface area contributed by atoms with Gasteiger partial charge in [-0.3, -0.25) is 4.79 Å². The monoisotopic (exact) mass is 288 g/mol. The van der Waals surface area contributed by atoms with Gasteiger partial charge in [-0.05, 0) is 74.0 Å². The SMILES string of the molecule is C[C@]12CC3OC3CC1CC[C@@H]1[C@H]2CC[C@]2(C)C(=O)CC[C@@H]12. The molecule has 0 bridgehead atoms. The first-order valence-corrected chi connectivity index (χ1v) is 9.21. The molecule has 8 atom stereocenters. The minimum absolute atomic E-state index is 0.0393. The third-order valence-corrected chi connectivity index (χ3v) is 8.62. The summed E-state index contributed by atoms with van der Waals surface area (Å²) in [6.45, 7) is 4.87. The smallest absolute Gasteiger partial charge is 0.139 e. The molecule has 5 fully saturated rings. The Hall–Kier alpha value is -0.370. The molecule has 0 aromatic carbocycles. The van der Waals surface area contributed by atoms with Gasteiger partial charge in [0.2, 0.25) is 0 Å². The van der Waals surface area contributed by atoms with E-state index in [-0.39, 0.29) is 5.41 Å². The highest BCUT2D eigenvalue weighted by Crippen LogP contribution is 2.67. The van der Waals surface area contributed by atoms with E-state index in [4.69, 9.17) is 4.74 Å². The Labute approximate surface area is 128 Å². The fraction of sp³-hybridized carbons (Fsp3) is 0.947. The van der Waals surface area contributed by atoms with Crippen LogP contribution in [0.4, 0.5) is 0 Å². The van der Waals surface area contributed by atoms with Crippen molar-refractivity contribution in [3.8, 4) is 0 Å². The minimum atomic E-state index is 0.0393. The highest BCUT2D eigenvalue weighted by Gasteiger charge is 2.63. The lowest BCUT2D eigenvalue weighted by Gasteiger charge is -2.59. The molecule has 0 aromatic rings. The number of rotatable bonds is 0. The molecule has 0 aromatic heterocycles. The third kappa shape index (κ3) is 1.56. The predicted octanol–water partition coefficient (Wildman–Crippen LogP) is 3.98. The highest BCUT2D eigenvalue weighted by atomic mass is 16.6. The Morgan fingerprint density at radius 3 is 2.76 bits per heavy atom. The van der Waals surface area contributed by atoms with Gasteiger partial charge in [0.05, 0.1) is 12.2 Å². The molecule has 0 amide bonds. The van der Waals surface area contributed by atoms with Crippen molar-refractivity contribution in [1.82, 2.24) is 0 Å². The van der Waals surface area contributed by atoms with Gasteiger partial charge in [0.15, 0.2) is 0 Å². The van der Waals surface area contributed by atoms with Crippen LogP contribution in [0.5, 0.6) is 0 Å². The van der Waals surface area contributed by atoms with Gasteiger partial charge in [0, 0.05) is 11.8 Å². The molecular formula is C19H28O2. The van der Waals surface area contributed by atoms with Crippen LogP contribution in [0, 0.1) is 34.5 Å². The lowest BCUT2D eigenvalue weighted by Crippen LogP contribution is -2.53. The summed E-state index contributed by atoms with van der Waals surface area (Å²) < 4.78 is 5.88. The van der Waals surface area contributed by atoms with E-state index in [0.717, 1.165) is 30.6 Å². The Morgan fingerprint density at radius 2 is 1.90 bits per heavy atom. The topological polar surface area (TPSA) is 29.6 Å². The van der Waals surface area contributed by atoms with Gasteiger partial charge >= 0.3 is 0 Å². The normalized spacial score (nSPS) is 61.5. The number of ether oxygens (including phenoxy) is 1. The predicted molar refractivity (Wildman–Crippen MR) is 80.8 cm³/mol. The van der Waals surface area contributed by atoms with Gasteiger partial charge in [-0.25, -0.2) is 0 Å². The molecule has 0 N–H and O–H groups in total. The second-order valence-corrected chi connectivity index (χ2v) is 9.23. The van der Waals surface area contributed by atoms with Crippen LogP contribution in [0.3, 0.4) is 0 Å². The van der Waals surface area contributed by atoms with Crippen molar-refractivity contribution in [1.29, 1.82) is 0 Å². The third-order valence-electron chi connectivity index (χ3n) is 8.62. The number of Topliss-reactive ketones (excluding diaryl/α,β-unsaturated/α-hetero) is 1. The molecule has 1 saturated heterocycles. The van der Waals surface area contributed by atoms with Crippen LogP contribution in [0.15, 0.2) is 0 Å². The molecule has 1 heterocycles. The van der Waals surface area contributed by atoms with E-state index in [1.807, 2.05) is 0 Å². The molecule has 0 radical (unpaired) electrons. The van der Waals surface area contributed by atoms with Crippen LogP contribution >= 0.6 is 0 Å². The fourth-order valence-electron chi connectivity index (χ4n) is 7.29. The maximum Gasteiger partial charge on any atom is 0.139 e. The summed E-state index contributed by atoms with van der Waals surface area (Å²) in [4.78, 5) is 12.4. The molecule has 0 spiro atoms. The van der Waals surface area contributed by atoms with Crippen molar-refractivity contribution >= 4 is 5.78 Å². The minimum Gasteiger partial charge on any atom is -0.370 e. The molecular weight excluding hydrogens is 260 g/mol. The summed E-state index contributed by atoms with van der Waals surface area (Å²) in [6, 6.07) is 0. The zero-order valence-corrected chi connectivity index (χ0v) is 13.4. The first-order chi connectivity index (χ1) is 10.0. The van der Waals surface area contributed by atoms with E-state index in [9.17, 15) is 4.79 Å². The van der Waals surface area contributed by atoms with E-state index in [2.05, 4.69) is 13.8 Å².